The SMILES string of the molecule is CC1=CC(=O)[C@H](C(=O)/C=C/c2ccccc2Br)C(=O)O1. The minimum absolute atomic E-state index is 0.207. The van der Waals surface area contributed by atoms with Gasteiger partial charge >= 0.3 is 5.97 Å². The van der Waals surface area contributed by atoms with Gasteiger partial charge in [-0.3, -0.25) is 14.4 Å². The highest BCUT2D eigenvalue weighted by Crippen LogP contribution is 2.19. The number of ether oxygens (including phenoxy) is 1. The average molecular weight is 335 g/mol. The topological polar surface area (TPSA) is 60.4 Å². The third kappa shape index (κ3) is 3.11. The van der Waals surface area contributed by atoms with Crippen molar-refractivity contribution in [2.24, 2.45) is 5.92 Å². The number of cyclic esters (lactones) is 1. The van der Waals surface area contributed by atoms with E-state index in [1.165, 1.54) is 13.0 Å². The van der Waals surface area contributed by atoms with E-state index in [0.717, 1.165) is 16.1 Å². The van der Waals surface area contributed by atoms with E-state index in [4.69, 9.17) is 4.74 Å². The maximum absolute atomic E-state index is 12.0. The smallest absolute Gasteiger partial charge is 0.329 e. The summed E-state index contributed by atoms with van der Waals surface area (Å²) in [6.07, 6.45) is 3.94. The highest BCUT2D eigenvalue weighted by Gasteiger charge is 2.36. The fraction of sp³-hybridized carbons (Fsp3) is 0.133. The van der Waals surface area contributed by atoms with Gasteiger partial charge in [-0.1, -0.05) is 40.2 Å². The summed E-state index contributed by atoms with van der Waals surface area (Å²) < 4.78 is 5.62. The van der Waals surface area contributed by atoms with Crippen LogP contribution in [-0.4, -0.2) is 17.5 Å². The first-order chi connectivity index (χ1) is 9.49. The second-order valence-electron chi connectivity index (χ2n) is 4.27. The summed E-state index contributed by atoms with van der Waals surface area (Å²) in [5, 5.41) is 0. The molecule has 0 spiro atoms. The van der Waals surface area contributed by atoms with Crippen LogP contribution in [0.3, 0.4) is 0 Å². The third-order valence-corrected chi connectivity index (χ3v) is 3.47. The van der Waals surface area contributed by atoms with Crippen molar-refractivity contribution < 1.29 is 19.1 Å². The van der Waals surface area contributed by atoms with Gasteiger partial charge in [0, 0.05) is 10.5 Å². The molecule has 1 aromatic carbocycles. The van der Waals surface area contributed by atoms with E-state index in [2.05, 4.69) is 15.9 Å². The highest BCUT2D eigenvalue weighted by molar-refractivity contribution is 9.10. The predicted molar refractivity (Wildman–Crippen MR) is 76.5 cm³/mol. The number of halogens is 1. The summed E-state index contributed by atoms with van der Waals surface area (Å²) in [5.41, 5.74) is 0.782. The van der Waals surface area contributed by atoms with Crippen LogP contribution in [0.25, 0.3) is 6.08 Å². The summed E-state index contributed by atoms with van der Waals surface area (Å²) >= 11 is 3.34. The number of hydrogen-bond donors (Lipinski definition) is 0. The number of esters is 1. The van der Waals surface area contributed by atoms with Gasteiger partial charge in [-0.2, -0.15) is 0 Å². The van der Waals surface area contributed by atoms with Gasteiger partial charge in [0.1, 0.15) is 5.76 Å². The summed E-state index contributed by atoms with van der Waals surface area (Å²) in [6, 6.07) is 7.30. The molecule has 0 radical (unpaired) electrons. The van der Waals surface area contributed by atoms with Gasteiger partial charge in [0.2, 0.25) is 0 Å². The zero-order valence-electron chi connectivity index (χ0n) is 10.6. The minimum Gasteiger partial charge on any atom is -0.430 e. The molecule has 0 unspecified atom stereocenters. The fourth-order valence-electron chi connectivity index (χ4n) is 1.78. The largest absolute Gasteiger partial charge is 0.430 e. The Morgan fingerprint density at radius 2 is 2.00 bits per heavy atom. The highest BCUT2D eigenvalue weighted by atomic mass is 79.9. The van der Waals surface area contributed by atoms with Gasteiger partial charge in [0.25, 0.3) is 0 Å². The van der Waals surface area contributed by atoms with Gasteiger partial charge in [0.05, 0.1) is 0 Å². The van der Waals surface area contributed by atoms with Crippen LogP contribution >= 0.6 is 15.9 Å². The van der Waals surface area contributed by atoms with Gasteiger partial charge < -0.3 is 4.74 Å². The van der Waals surface area contributed by atoms with E-state index in [1.807, 2.05) is 18.2 Å². The van der Waals surface area contributed by atoms with Crippen LogP contribution in [-0.2, 0) is 19.1 Å². The molecule has 0 amide bonds. The van der Waals surface area contributed by atoms with Gasteiger partial charge in [-0.05, 0) is 24.6 Å². The van der Waals surface area contributed by atoms with Crippen molar-refractivity contribution in [1.29, 1.82) is 0 Å². The van der Waals surface area contributed by atoms with Crippen molar-refractivity contribution in [3.05, 3.63) is 52.2 Å². The van der Waals surface area contributed by atoms with E-state index in [1.54, 1.807) is 12.1 Å². The molecule has 0 aliphatic carbocycles. The fourth-order valence-corrected chi connectivity index (χ4v) is 2.20. The molecular formula is C15H11BrO4. The summed E-state index contributed by atoms with van der Waals surface area (Å²) in [4.78, 5) is 35.2. The Labute approximate surface area is 124 Å². The van der Waals surface area contributed by atoms with Crippen molar-refractivity contribution in [3.63, 3.8) is 0 Å². The number of carbonyl (C=O) groups excluding carboxylic acids is 3. The molecule has 1 aromatic rings. The van der Waals surface area contributed by atoms with Crippen molar-refractivity contribution in [3.8, 4) is 0 Å². The quantitative estimate of drug-likeness (QED) is 0.484. The van der Waals surface area contributed by atoms with Crippen LogP contribution in [0.4, 0.5) is 0 Å². The normalized spacial score (nSPS) is 18.9. The molecule has 0 N–H and O–H groups in total. The molecule has 1 aliphatic heterocycles. The molecule has 5 heteroatoms. The summed E-state index contributed by atoms with van der Waals surface area (Å²) in [6.45, 7) is 1.49. The maximum Gasteiger partial charge on any atom is 0.329 e. The number of rotatable bonds is 3. The van der Waals surface area contributed by atoms with Crippen molar-refractivity contribution >= 4 is 39.5 Å². The molecule has 0 aromatic heterocycles. The van der Waals surface area contributed by atoms with E-state index < -0.39 is 23.5 Å². The number of allylic oxidation sites excluding steroid dienone is 3. The molecule has 2 rings (SSSR count). The predicted octanol–water partition coefficient (Wildman–Crippen LogP) is 2.68. The molecule has 0 saturated heterocycles. The van der Waals surface area contributed by atoms with Crippen LogP contribution in [0.15, 0.2) is 46.6 Å². The molecule has 4 nitrogen and oxygen atoms in total. The lowest BCUT2D eigenvalue weighted by Gasteiger charge is -2.15. The lowest BCUT2D eigenvalue weighted by Crippen LogP contribution is -2.34. The molecular weight excluding hydrogens is 324 g/mol. The Bertz CT molecular complexity index is 643. The minimum atomic E-state index is -1.39. The molecule has 20 heavy (non-hydrogen) atoms. The average Bonchev–Trinajstić information content (AvgIpc) is 2.36. The molecule has 1 aliphatic rings. The van der Waals surface area contributed by atoms with Crippen LogP contribution in [0.5, 0.6) is 0 Å². The van der Waals surface area contributed by atoms with Crippen LogP contribution in [0.2, 0.25) is 0 Å². The Balaban J connectivity index is 2.19. The number of hydrogen-bond acceptors (Lipinski definition) is 4. The molecule has 1 atom stereocenters. The van der Waals surface area contributed by atoms with E-state index in [0.29, 0.717) is 0 Å². The standard InChI is InChI=1S/C15H11BrO4/c1-9-8-13(18)14(15(19)20-9)12(17)7-6-10-4-2-3-5-11(10)16/h2-8,14H,1H3/b7-6+/t14-/m0/s1. The monoisotopic (exact) mass is 334 g/mol. The maximum atomic E-state index is 12.0. The number of carbonyl (C=O) groups is 3. The van der Waals surface area contributed by atoms with Crippen LogP contribution in [0.1, 0.15) is 12.5 Å². The van der Waals surface area contributed by atoms with Crippen LogP contribution in [0, 0.1) is 5.92 Å². The Kier molecular flexibility index (Phi) is 4.29. The number of ketones is 2. The van der Waals surface area contributed by atoms with Gasteiger partial charge in [-0.25, -0.2) is 0 Å². The first kappa shape index (κ1) is 14.4. The van der Waals surface area contributed by atoms with E-state index in [9.17, 15) is 14.4 Å². The zero-order chi connectivity index (χ0) is 14.7. The Hall–Kier alpha value is -2.01. The first-order valence-electron chi connectivity index (χ1n) is 5.89. The van der Waals surface area contributed by atoms with Gasteiger partial charge in [-0.15, -0.1) is 0 Å². The van der Waals surface area contributed by atoms with E-state index >= 15 is 0 Å². The van der Waals surface area contributed by atoms with Crippen molar-refractivity contribution in [2.75, 3.05) is 0 Å². The van der Waals surface area contributed by atoms with Crippen LogP contribution < -0.4 is 0 Å². The molecule has 102 valence electrons. The lowest BCUT2D eigenvalue weighted by molar-refractivity contribution is -0.151. The zero-order valence-corrected chi connectivity index (χ0v) is 12.2. The number of benzene rings is 1. The first-order valence-corrected chi connectivity index (χ1v) is 6.68. The van der Waals surface area contributed by atoms with E-state index in [-0.39, 0.29) is 5.76 Å². The Morgan fingerprint density at radius 1 is 1.30 bits per heavy atom. The van der Waals surface area contributed by atoms with Crippen molar-refractivity contribution in [1.82, 2.24) is 0 Å². The van der Waals surface area contributed by atoms with Crippen molar-refractivity contribution in [2.45, 2.75) is 6.92 Å². The summed E-state index contributed by atoms with van der Waals surface area (Å²) in [5.74, 6) is -3.13. The lowest BCUT2D eigenvalue weighted by atomic mass is 9.96. The second kappa shape index (κ2) is 5.96. The molecule has 0 bridgehead atoms. The molecule has 0 fully saturated rings. The molecule has 0 saturated carbocycles. The second-order valence-corrected chi connectivity index (χ2v) is 5.12. The summed E-state index contributed by atoms with van der Waals surface area (Å²) in [7, 11) is 0. The molecule has 1 heterocycles. The van der Waals surface area contributed by atoms with Gasteiger partial charge in [0.15, 0.2) is 17.5 Å². The third-order valence-electron chi connectivity index (χ3n) is 2.74. The Morgan fingerprint density at radius 3 is 2.65 bits per heavy atom.